The minimum absolute atomic E-state index is 0. The molecule has 0 radical (unpaired) electrons. The van der Waals surface area contributed by atoms with Crippen LogP contribution < -0.4 is 10.6 Å². The number of aromatic nitrogens is 1. The van der Waals surface area contributed by atoms with Crippen LogP contribution in [0.5, 0.6) is 0 Å². The number of halogens is 1. The van der Waals surface area contributed by atoms with Gasteiger partial charge in [-0.3, -0.25) is 14.9 Å². The molecule has 0 aliphatic carbocycles. The van der Waals surface area contributed by atoms with Crippen LogP contribution in [0.3, 0.4) is 0 Å². The molecule has 1 aromatic rings. The minimum atomic E-state index is 0. The zero-order chi connectivity index (χ0) is 17.6. The molecule has 2 atom stereocenters. The van der Waals surface area contributed by atoms with Gasteiger partial charge in [-0.05, 0) is 44.2 Å². The summed E-state index contributed by atoms with van der Waals surface area (Å²) in [5, 5.41) is 6.81. The SMILES string of the molecule is CN=C(NCc1ccccn1)NCC(C)(C)N1CC(C)CC(C)C1.I. The summed E-state index contributed by atoms with van der Waals surface area (Å²) in [5.74, 6) is 2.37. The molecule has 0 bridgehead atoms. The van der Waals surface area contributed by atoms with Gasteiger partial charge in [-0.2, -0.15) is 0 Å². The third-order valence-corrected chi connectivity index (χ3v) is 4.80. The first-order valence-electron chi connectivity index (χ1n) is 9.00. The van der Waals surface area contributed by atoms with Crippen molar-refractivity contribution in [1.29, 1.82) is 0 Å². The standard InChI is InChI=1S/C19H33N5.HI/c1-15-10-16(2)13-24(12-15)19(3,4)14-23-18(20-5)22-11-17-8-6-7-9-21-17;/h6-9,15-16H,10-14H2,1-5H3,(H2,20,22,23);1H. The first-order valence-corrected chi connectivity index (χ1v) is 9.00. The van der Waals surface area contributed by atoms with E-state index in [1.54, 1.807) is 0 Å². The average Bonchev–Trinajstić information content (AvgIpc) is 2.55. The van der Waals surface area contributed by atoms with Gasteiger partial charge in [0.15, 0.2) is 5.96 Å². The van der Waals surface area contributed by atoms with E-state index in [9.17, 15) is 0 Å². The number of hydrogen-bond donors (Lipinski definition) is 2. The molecule has 0 aromatic carbocycles. The third-order valence-electron chi connectivity index (χ3n) is 4.80. The van der Waals surface area contributed by atoms with Crippen LogP contribution in [-0.2, 0) is 6.54 Å². The maximum Gasteiger partial charge on any atom is 0.191 e. The summed E-state index contributed by atoms with van der Waals surface area (Å²) in [7, 11) is 1.81. The number of rotatable bonds is 5. The number of guanidine groups is 1. The lowest BCUT2D eigenvalue weighted by Crippen LogP contribution is -2.57. The predicted octanol–water partition coefficient (Wildman–Crippen LogP) is 3.12. The first kappa shape index (κ1) is 22.2. The molecule has 25 heavy (non-hydrogen) atoms. The molecular weight excluding hydrogens is 425 g/mol. The summed E-state index contributed by atoms with van der Waals surface area (Å²) in [5.41, 5.74) is 1.12. The summed E-state index contributed by atoms with van der Waals surface area (Å²) in [6, 6.07) is 5.95. The Morgan fingerprint density at radius 1 is 1.24 bits per heavy atom. The van der Waals surface area contributed by atoms with Crippen molar-refractivity contribution in [3.8, 4) is 0 Å². The molecule has 2 unspecified atom stereocenters. The largest absolute Gasteiger partial charge is 0.355 e. The van der Waals surface area contributed by atoms with E-state index in [1.807, 2.05) is 31.4 Å². The summed E-state index contributed by atoms with van der Waals surface area (Å²) in [4.78, 5) is 11.3. The van der Waals surface area contributed by atoms with Crippen molar-refractivity contribution < 1.29 is 0 Å². The fraction of sp³-hybridized carbons (Fsp3) is 0.684. The fourth-order valence-corrected chi connectivity index (χ4v) is 3.47. The molecule has 0 amide bonds. The average molecular weight is 459 g/mol. The Hall–Kier alpha value is -0.890. The predicted molar refractivity (Wildman–Crippen MR) is 116 cm³/mol. The number of likely N-dealkylation sites (tertiary alicyclic amines) is 1. The molecule has 1 aromatic heterocycles. The van der Waals surface area contributed by atoms with Crippen molar-refractivity contribution in [2.75, 3.05) is 26.7 Å². The van der Waals surface area contributed by atoms with Gasteiger partial charge in [-0.15, -0.1) is 24.0 Å². The minimum Gasteiger partial charge on any atom is -0.355 e. The van der Waals surface area contributed by atoms with E-state index in [2.05, 4.69) is 53.2 Å². The third kappa shape index (κ3) is 7.09. The lowest BCUT2D eigenvalue weighted by molar-refractivity contribution is 0.0483. The topological polar surface area (TPSA) is 52.6 Å². The van der Waals surface area contributed by atoms with Gasteiger partial charge in [0.2, 0.25) is 0 Å². The molecule has 2 N–H and O–H groups in total. The number of pyridine rings is 1. The van der Waals surface area contributed by atoms with Crippen molar-refractivity contribution in [2.24, 2.45) is 16.8 Å². The zero-order valence-electron chi connectivity index (χ0n) is 16.2. The van der Waals surface area contributed by atoms with E-state index in [0.717, 1.165) is 30.0 Å². The smallest absolute Gasteiger partial charge is 0.191 e. The summed E-state index contributed by atoms with van der Waals surface area (Å²) >= 11 is 0. The van der Waals surface area contributed by atoms with Crippen LogP contribution in [0.1, 0.15) is 39.8 Å². The fourth-order valence-electron chi connectivity index (χ4n) is 3.47. The van der Waals surface area contributed by atoms with Crippen LogP contribution >= 0.6 is 24.0 Å². The van der Waals surface area contributed by atoms with Crippen molar-refractivity contribution in [1.82, 2.24) is 20.5 Å². The molecular formula is C19H34IN5. The van der Waals surface area contributed by atoms with E-state index < -0.39 is 0 Å². The molecule has 1 aliphatic heterocycles. The second kappa shape index (κ2) is 10.3. The van der Waals surface area contributed by atoms with Crippen LogP contribution in [0, 0.1) is 11.8 Å². The summed E-state index contributed by atoms with van der Waals surface area (Å²) in [6.07, 6.45) is 3.16. The number of piperidine rings is 1. The zero-order valence-corrected chi connectivity index (χ0v) is 18.6. The molecule has 6 heteroatoms. The van der Waals surface area contributed by atoms with Crippen LogP contribution in [0.25, 0.3) is 0 Å². The molecule has 1 aliphatic rings. The maximum absolute atomic E-state index is 4.33. The molecule has 2 rings (SSSR count). The highest BCUT2D eigenvalue weighted by Crippen LogP contribution is 2.26. The lowest BCUT2D eigenvalue weighted by Gasteiger charge is -2.45. The van der Waals surface area contributed by atoms with E-state index in [4.69, 9.17) is 0 Å². The van der Waals surface area contributed by atoms with Gasteiger partial charge < -0.3 is 10.6 Å². The van der Waals surface area contributed by atoms with Gasteiger partial charge in [-0.1, -0.05) is 19.9 Å². The van der Waals surface area contributed by atoms with Crippen molar-refractivity contribution in [3.63, 3.8) is 0 Å². The highest BCUT2D eigenvalue weighted by atomic mass is 127. The number of hydrogen-bond acceptors (Lipinski definition) is 3. The Morgan fingerprint density at radius 3 is 2.48 bits per heavy atom. The highest BCUT2D eigenvalue weighted by Gasteiger charge is 2.32. The molecule has 1 saturated heterocycles. The first-order chi connectivity index (χ1) is 11.4. The quantitative estimate of drug-likeness (QED) is 0.404. The second-order valence-electron chi connectivity index (χ2n) is 7.76. The lowest BCUT2D eigenvalue weighted by atomic mass is 9.88. The number of nitrogens with one attached hydrogen (secondary N) is 2. The number of nitrogens with zero attached hydrogens (tertiary/aromatic N) is 3. The van der Waals surface area contributed by atoms with Crippen molar-refractivity contribution >= 4 is 29.9 Å². The molecule has 5 nitrogen and oxygen atoms in total. The van der Waals surface area contributed by atoms with E-state index in [-0.39, 0.29) is 29.5 Å². The molecule has 142 valence electrons. The van der Waals surface area contributed by atoms with Crippen LogP contribution in [-0.4, -0.2) is 48.1 Å². The molecule has 2 heterocycles. The van der Waals surface area contributed by atoms with Crippen LogP contribution in [0.4, 0.5) is 0 Å². The molecule has 0 spiro atoms. The highest BCUT2D eigenvalue weighted by molar-refractivity contribution is 14.0. The van der Waals surface area contributed by atoms with Gasteiger partial charge in [0, 0.05) is 38.4 Å². The molecule has 0 saturated carbocycles. The monoisotopic (exact) mass is 459 g/mol. The Bertz CT molecular complexity index is 522. The van der Waals surface area contributed by atoms with Gasteiger partial charge in [0.1, 0.15) is 0 Å². The number of aliphatic imine (C=N–C) groups is 1. The van der Waals surface area contributed by atoms with E-state index in [0.29, 0.717) is 6.54 Å². The van der Waals surface area contributed by atoms with Gasteiger partial charge in [0.25, 0.3) is 0 Å². The van der Waals surface area contributed by atoms with Crippen molar-refractivity contribution in [3.05, 3.63) is 30.1 Å². The summed E-state index contributed by atoms with van der Waals surface area (Å²) in [6.45, 7) is 13.3. The Morgan fingerprint density at radius 2 is 1.92 bits per heavy atom. The van der Waals surface area contributed by atoms with Crippen LogP contribution in [0.2, 0.25) is 0 Å². The second-order valence-corrected chi connectivity index (χ2v) is 7.76. The van der Waals surface area contributed by atoms with Gasteiger partial charge >= 0.3 is 0 Å². The normalized spacial score (nSPS) is 22.2. The Kier molecular flexibility index (Phi) is 9.13. The van der Waals surface area contributed by atoms with Gasteiger partial charge in [-0.25, -0.2) is 0 Å². The maximum atomic E-state index is 4.33. The van der Waals surface area contributed by atoms with E-state index in [1.165, 1.54) is 19.5 Å². The Labute approximate surface area is 170 Å². The van der Waals surface area contributed by atoms with E-state index >= 15 is 0 Å². The Balaban J connectivity index is 0.00000312. The summed E-state index contributed by atoms with van der Waals surface area (Å²) < 4.78 is 0. The van der Waals surface area contributed by atoms with Crippen LogP contribution in [0.15, 0.2) is 29.4 Å². The van der Waals surface area contributed by atoms with Gasteiger partial charge in [0.05, 0.1) is 12.2 Å². The molecule has 1 fully saturated rings. The van der Waals surface area contributed by atoms with Crippen molar-refractivity contribution in [2.45, 2.75) is 46.2 Å².